The van der Waals surface area contributed by atoms with Crippen LogP contribution in [-0.4, -0.2) is 50.9 Å². The van der Waals surface area contributed by atoms with Crippen LogP contribution in [0.5, 0.6) is 5.75 Å². The van der Waals surface area contributed by atoms with Crippen LogP contribution >= 0.6 is 0 Å². The Bertz CT molecular complexity index is 1770. The van der Waals surface area contributed by atoms with Gasteiger partial charge in [0.2, 0.25) is 11.8 Å². The molecular formula is C38H43N3O5S. The molecule has 0 aliphatic heterocycles. The van der Waals surface area contributed by atoms with E-state index in [1.807, 2.05) is 68.4 Å². The van der Waals surface area contributed by atoms with Gasteiger partial charge in [-0.25, -0.2) is 8.42 Å². The fourth-order valence-corrected chi connectivity index (χ4v) is 7.54. The van der Waals surface area contributed by atoms with E-state index in [4.69, 9.17) is 4.74 Å². The van der Waals surface area contributed by atoms with Gasteiger partial charge in [-0.2, -0.15) is 0 Å². The van der Waals surface area contributed by atoms with Crippen LogP contribution in [-0.2, 0) is 32.6 Å². The normalized spacial score (nSPS) is 13.9. The third kappa shape index (κ3) is 8.40. The zero-order chi connectivity index (χ0) is 33.4. The lowest BCUT2D eigenvalue weighted by Gasteiger charge is -2.34. The van der Waals surface area contributed by atoms with Crippen molar-refractivity contribution >= 4 is 27.5 Å². The van der Waals surface area contributed by atoms with Crippen LogP contribution in [0.15, 0.2) is 108 Å². The van der Waals surface area contributed by atoms with E-state index in [0.717, 1.165) is 52.2 Å². The van der Waals surface area contributed by atoms with Gasteiger partial charge in [-0.05, 0) is 62.1 Å². The van der Waals surface area contributed by atoms with E-state index in [-0.39, 0.29) is 35.5 Å². The topological polar surface area (TPSA) is 96.0 Å². The molecule has 8 nitrogen and oxygen atoms in total. The van der Waals surface area contributed by atoms with Gasteiger partial charge in [-0.3, -0.25) is 13.9 Å². The van der Waals surface area contributed by atoms with Crippen molar-refractivity contribution in [1.82, 2.24) is 10.2 Å². The molecule has 1 atom stereocenters. The highest BCUT2D eigenvalue weighted by atomic mass is 32.2. The van der Waals surface area contributed by atoms with E-state index in [9.17, 15) is 18.0 Å². The maximum Gasteiger partial charge on any atom is 0.264 e. The predicted octanol–water partition coefficient (Wildman–Crippen LogP) is 6.21. The molecule has 9 heteroatoms. The lowest BCUT2D eigenvalue weighted by atomic mass is 10.0. The number of nitrogens with zero attached hydrogens (tertiary/aromatic N) is 2. The first-order valence-corrected chi connectivity index (χ1v) is 17.5. The summed E-state index contributed by atoms with van der Waals surface area (Å²) in [6.07, 6.45) is 4.16. The minimum absolute atomic E-state index is 0.0451. The average molecular weight is 654 g/mol. The number of aryl methyl sites for hydroxylation is 2. The molecule has 1 N–H and O–H groups in total. The lowest BCUT2D eigenvalue weighted by molar-refractivity contribution is -0.140. The summed E-state index contributed by atoms with van der Waals surface area (Å²) in [5.74, 6) is -0.441. The minimum atomic E-state index is -4.23. The molecule has 0 spiro atoms. The zero-order valence-electron chi connectivity index (χ0n) is 27.3. The van der Waals surface area contributed by atoms with E-state index in [2.05, 4.69) is 5.32 Å². The van der Waals surface area contributed by atoms with Crippen LogP contribution < -0.4 is 14.4 Å². The van der Waals surface area contributed by atoms with Gasteiger partial charge in [0.15, 0.2) is 0 Å². The number of nitrogens with one attached hydrogen (secondary N) is 1. The number of carbonyl (C=O) groups excluding carboxylic acids is 2. The molecule has 4 aromatic rings. The number of rotatable bonds is 13. The lowest BCUT2D eigenvalue weighted by Crippen LogP contribution is -2.54. The second-order valence-corrected chi connectivity index (χ2v) is 14.1. The first-order valence-electron chi connectivity index (χ1n) is 16.1. The summed E-state index contributed by atoms with van der Waals surface area (Å²) >= 11 is 0. The summed E-state index contributed by atoms with van der Waals surface area (Å²) in [5, 5.41) is 3.21. The molecule has 0 heterocycles. The van der Waals surface area contributed by atoms with E-state index in [1.165, 1.54) is 19.2 Å². The first-order chi connectivity index (χ1) is 22.7. The van der Waals surface area contributed by atoms with Crippen LogP contribution in [0, 0.1) is 13.8 Å². The maximum absolute atomic E-state index is 14.7. The number of hydrogen-bond donors (Lipinski definition) is 1. The molecule has 0 radical (unpaired) electrons. The minimum Gasteiger partial charge on any atom is -0.495 e. The number of sulfonamides is 1. The molecule has 0 unspecified atom stereocenters. The highest BCUT2D eigenvalue weighted by Crippen LogP contribution is 2.33. The third-order valence-corrected chi connectivity index (χ3v) is 10.4. The quantitative estimate of drug-likeness (QED) is 0.185. The summed E-state index contributed by atoms with van der Waals surface area (Å²) in [7, 11) is -2.77. The Morgan fingerprint density at radius 2 is 1.49 bits per heavy atom. The number of anilines is 1. The Morgan fingerprint density at radius 1 is 0.830 bits per heavy atom. The molecule has 5 rings (SSSR count). The molecule has 1 saturated carbocycles. The summed E-state index contributed by atoms with van der Waals surface area (Å²) < 4.78 is 35.3. The Balaban J connectivity index is 1.59. The summed E-state index contributed by atoms with van der Waals surface area (Å²) in [6, 6.07) is 29.8. The zero-order valence-corrected chi connectivity index (χ0v) is 28.1. The molecule has 1 aliphatic rings. The van der Waals surface area contributed by atoms with Crippen molar-refractivity contribution in [3.63, 3.8) is 0 Å². The molecule has 0 bridgehead atoms. The Kier molecular flexibility index (Phi) is 11.0. The van der Waals surface area contributed by atoms with Crippen LogP contribution in [0.2, 0.25) is 0 Å². The maximum atomic E-state index is 14.7. The largest absolute Gasteiger partial charge is 0.495 e. The second-order valence-electron chi connectivity index (χ2n) is 12.2. The Labute approximate surface area is 278 Å². The van der Waals surface area contributed by atoms with Gasteiger partial charge >= 0.3 is 0 Å². The smallest absolute Gasteiger partial charge is 0.264 e. The van der Waals surface area contributed by atoms with Gasteiger partial charge in [0.05, 0.1) is 17.7 Å². The number of benzene rings is 4. The van der Waals surface area contributed by atoms with Crippen molar-refractivity contribution in [3.8, 4) is 5.75 Å². The van der Waals surface area contributed by atoms with Crippen LogP contribution in [0.1, 0.15) is 47.9 Å². The van der Waals surface area contributed by atoms with Crippen LogP contribution in [0.4, 0.5) is 5.69 Å². The van der Waals surface area contributed by atoms with Gasteiger partial charge < -0.3 is 15.0 Å². The number of carbonyl (C=O) groups is 2. The molecule has 1 aliphatic carbocycles. The van der Waals surface area contributed by atoms with Gasteiger partial charge in [0.1, 0.15) is 18.3 Å². The monoisotopic (exact) mass is 653 g/mol. The number of ether oxygens (including phenoxy) is 1. The highest BCUT2D eigenvalue weighted by molar-refractivity contribution is 7.92. The standard InChI is InChI=1S/C38H43N3O5S/c1-28-20-22-33(23-21-28)47(44,45)41(34-18-9-10-19-36(34)46-3)27-37(42)40(26-31-15-11-12-29(2)24-31)35(25-30-13-5-4-6-14-30)38(43)39-32-16-7-8-17-32/h4-6,9-15,18-24,32,35H,7-8,16-17,25-27H2,1-3H3,(H,39,43)/t35-/m0/s1. The Morgan fingerprint density at radius 3 is 2.17 bits per heavy atom. The summed E-state index contributed by atoms with van der Waals surface area (Å²) in [6.45, 7) is 3.44. The molecular weight excluding hydrogens is 611 g/mol. The molecule has 2 amide bonds. The fourth-order valence-electron chi connectivity index (χ4n) is 6.12. The first kappa shape index (κ1) is 33.7. The molecule has 1 fully saturated rings. The summed E-state index contributed by atoms with van der Waals surface area (Å²) in [4.78, 5) is 30.5. The van der Waals surface area contributed by atoms with Crippen molar-refractivity contribution in [2.75, 3.05) is 18.0 Å². The van der Waals surface area contributed by atoms with Gasteiger partial charge in [0, 0.05) is 19.0 Å². The Hall–Kier alpha value is -4.63. The molecule has 0 saturated heterocycles. The van der Waals surface area contributed by atoms with Gasteiger partial charge in [-0.15, -0.1) is 0 Å². The SMILES string of the molecule is COc1ccccc1N(CC(=O)N(Cc1cccc(C)c1)[C@@H](Cc1ccccc1)C(=O)NC1CCCC1)S(=O)(=O)c1ccc(C)cc1. The molecule has 246 valence electrons. The van der Waals surface area contributed by atoms with Crippen molar-refractivity contribution in [3.05, 3.63) is 125 Å². The van der Waals surface area contributed by atoms with E-state index < -0.39 is 28.5 Å². The summed E-state index contributed by atoms with van der Waals surface area (Å²) in [5.41, 5.74) is 3.90. The fraction of sp³-hybridized carbons (Fsp3) is 0.316. The molecule has 4 aromatic carbocycles. The second kappa shape index (κ2) is 15.3. The number of para-hydroxylation sites is 2. The molecule has 0 aromatic heterocycles. The van der Waals surface area contributed by atoms with Crippen LogP contribution in [0.25, 0.3) is 0 Å². The number of hydrogen-bond acceptors (Lipinski definition) is 5. The van der Waals surface area contributed by atoms with Crippen LogP contribution in [0.3, 0.4) is 0 Å². The van der Waals surface area contributed by atoms with Gasteiger partial charge in [0.25, 0.3) is 10.0 Å². The third-order valence-electron chi connectivity index (χ3n) is 8.65. The molecule has 47 heavy (non-hydrogen) atoms. The number of methoxy groups -OCH3 is 1. The average Bonchev–Trinajstić information content (AvgIpc) is 3.59. The highest BCUT2D eigenvalue weighted by Gasteiger charge is 2.36. The van der Waals surface area contributed by atoms with Crippen molar-refractivity contribution < 1.29 is 22.7 Å². The van der Waals surface area contributed by atoms with Crippen molar-refractivity contribution in [2.24, 2.45) is 0 Å². The number of amides is 2. The predicted molar refractivity (Wildman–Crippen MR) is 185 cm³/mol. The van der Waals surface area contributed by atoms with Gasteiger partial charge in [-0.1, -0.05) is 103 Å². The van der Waals surface area contributed by atoms with E-state index in [0.29, 0.717) is 5.75 Å². The van der Waals surface area contributed by atoms with Crippen molar-refractivity contribution in [1.29, 1.82) is 0 Å². The van der Waals surface area contributed by atoms with E-state index in [1.54, 1.807) is 41.3 Å². The van der Waals surface area contributed by atoms with Crippen molar-refractivity contribution in [2.45, 2.75) is 69.5 Å². The van der Waals surface area contributed by atoms with E-state index >= 15 is 0 Å².